The van der Waals surface area contributed by atoms with Gasteiger partial charge in [-0.1, -0.05) is 56.4 Å². The van der Waals surface area contributed by atoms with Crippen molar-refractivity contribution in [3.05, 3.63) is 70.3 Å². The van der Waals surface area contributed by atoms with E-state index in [0.29, 0.717) is 43.2 Å². The van der Waals surface area contributed by atoms with E-state index in [1.165, 1.54) is 6.07 Å². The molecule has 36 heavy (non-hydrogen) atoms. The predicted octanol–water partition coefficient (Wildman–Crippen LogP) is 10.2. The summed E-state index contributed by atoms with van der Waals surface area (Å²) in [5.74, 6) is -1.39. The van der Waals surface area contributed by atoms with E-state index in [9.17, 15) is 30.7 Å². The van der Waals surface area contributed by atoms with Gasteiger partial charge < -0.3 is 0 Å². The lowest BCUT2D eigenvalue weighted by Gasteiger charge is -2.29. The minimum atomic E-state index is -5.14. The third kappa shape index (κ3) is 7.97. The SMILES string of the molecule is FCCCCCCCCCc1ccc(C2CCC(c3ccc(C(F)C(F)(F)F)c(F)c3)CC2)c(F)c1. The number of hydrogen-bond donors (Lipinski definition) is 0. The molecule has 1 saturated carbocycles. The first kappa shape index (κ1) is 28.5. The van der Waals surface area contributed by atoms with Crippen LogP contribution >= 0.6 is 0 Å². The molecule has 2 aromatic carbocycles. The highest BCUT2D eigenvalue weighted by Crippen LogP contribution is 2.43. The molecule has 0 nitrogen and oxygen atoms in total. The van der Waals surface area contributed by atoms with Gasteiger partial charge in [0.25, 0.3) is 0 Å². The van der Waals surface area contributed by atoms with E-state index in [-0.39, 0.29) is 24.3 Å². The number of rotatable bonds is 12. The van der Waals surface area contributed by atoms with Crippen LogP contribution in [0.1, 0.15) is 111 Å². The molecule has 3 rings (SSSR count). The molecule has 0 amide bonds. The number of benzene rings is 2. The Kier molecular flexibility index (Phi) is 10.7. The van der Waals surface area contributed by atoms with Gasteiger partial charge in [-0.2, -0.15) is 13.2 Å². The van der Waals surface area contributed by atoms with Crippen molar-refractivity contribution in [2.45, 2.75) is 101 Å². The third-order valence-corrected chi connectivity index (χ3v) is 7.39. The Bertz CT molecular complexity index is 945. The molecule has 1 unspecified atom stereocenters. The van der Waals surface area contributed by atoms with Crippen LogP contribution in [0.2, 0.25) is 0 Å². The van der Waals surface area contributed by atoms with Crippen LogP contribution in [0.3, 0.4) is 0 Å². The first-order valence-corrected chi connectivity index (χ1v) is 13.0. The van der Waals surface area contributed by atoms with Crippen LogP contribution < -0.4 is 0 Å². The Labute approximate surface area is 209 Å². The monoisotopic (exact) mass is 516 g/mol. The van der Waals surface area contributed by atoms with Crippen LogP contribution in [0.4, 0.5) is 30.7 Å². The molecule has 0 heterocycles. The van der Waals surface area contributed by atoms with Gasteiger partial charge in [0, 0.05) is 5.56 Å². The molecule has 1 fully saturated rings. The maximum atomic E-state index is 14.9. The first-order chi connectivity index (χ1) is 17.2. The molecule has 0 aromatic heterocycles. The molecule has 0 spiro atoms. The highest BCUT2D eigenvalue weighted by molar-refractivity contribution is 5.31. The maximum Gasteiger partial charge on any atom is 0.424 e. The second-order valence-corrected chi connectivity index (χ2v) is 10.0. The lowest BCUT2D eigenvalue weighted by Crippen LogP contribution is -2.18. The van der Waals surface area contributed by atoms with Crippen LogP contribution in [0.5, 0.6) is 0 Å². The van der Waals surface area contributed by atoms with Crippen molar-refractivity contribution < 1.29 is 30.7 Å². The molecular weight excluding hydrogens is 481 g/mol. The van der Waals surface area contributed by atoms with E-state index in [4.69, 9.17) is 0 Å². The summed E-state index contributed by atoms with van der Waals surface area (Å²) < 4.78 is 92.4. The third-order valence-electron chi connectivity index (χ3n) is 7.39. The molecule has 0 bridgehead atoms. The number of alkyl halides is 5. The largest absolute Gasteiger partial charge is 0.424 e. The van der Waals surface area contributed by atoms with Gasteiger partial charge >= 0.3 is 6.18 Å². The van der Waals surface area contributed by atoms with Crippen LogP contribution in [-0.4, -0.2) is 12.9 Å². The number of hydrogen-bond acceptors (Lipinski definition) is 0. The highest BCUT2D eigenvalue weighted by Gasteiger charge is 2.42. The molecule has 1 aliphatic carbocycles. The van der Waals surface area contributed by atoms with E-state index >= 15 is 0 Å². The fourth-order valence-corrected chi connectivity index (χ4v) is 5.28. The molecule has 0 radical (unpaired) electrons. The van der Waals surface area contributed by atoms with Crippen molar-refractivity contribution in [3.8, 4) is 0 Å². The minimum absolute atomic E-state index is 0.0455. The summed E-state index contributed by atoms with van der Waals surface area (Å²) in [5.41, 5.74) is 1.22. The summed E-state index contributed by atoms with van der Waals surface area (Å²) in [6, 6.07) is 8.73. The second kappa shape index (κ2) is 13.5. The van der Waals surface area contributed by atoms with Crippen LogP contribution in [0.25, 0.3) is 0 Å². The Morgan fingerprint density at radius 3 is 1.92 bits per heavy atom. The molecular formula is C29H35F7. The second-order valence-electron chi connectivity index (χ2n) is 10.0. The van der Waals surface area contributed by atoms with Crippen molar-refractivity contribution in [2.75, 3.05) is 6.67 Å². The summed E-state index contributed by atoms with van der Waals surface area (Å²) in [4.78, 5) is 0. The van der Waals surface area contributed by atoms with E-state index in [1.807, 2.05) is 12.1 Å². The lowest BCUT2D eigenvalue weighted by atomic mass is 9.75. The van der Waals surface area contributed by atoms with Crippen LogP contribution in [-0.2, 0) is 6.42 Å². The number of halogens is 7. The zero-order valence-corrected chi connectivity index (χ0v) is 20.5. The Morgan fingerprint density at radius 2 is 1.33 bits per heavy atom. The standard InChI is InChI=1S/C29H35F7/c30-17-7-5-3-1-2-4-6-8-20-9-15-24(26(31)18-20)22-12-10-21(11-13-22)23-14-16-25(27(32)19-23)28(33)29(34,35)36/h9,14-16,18-19,21-22,28H,1-8,10-13,17H2. The van der Waals surface area contributed by atoms with Crippen molar-refractivity contribution in [3.63, 3.8) is 0 Å². The zero-order valence-electron chi connectivity index (χ0n) is 20.5. The van der Waals surface area contributed by atoms with Crippen molar-refractivity contribution in [1.29, 1.82) is 0 Å². The van der Waals surface area contributed by atoms with Gasteiger partial charge in [0.2, 0.25) is 6.17 Å². The van der Waals surface area contributed by atoms with Crippen molar-refractivity contribution >= 4 is 0 Å². The first-order valence-electron chi connectivity index (χ1n) is 13.0. The quantitative estimate of drug-likeness (QED) is 0.194. The summed E-state index contributed by atoms with van der Waals surface area (Å²) >= 11 is 0. The maximum absolute atomic E-state index is 14.9. The van der Waals surface area contributed by atoms with Gasteiger partial charge in [0.15, 0.2) is 0 Å². The predicted molar refractivity (Wildman–Crippen MR) is 129 cm³/mol. The van der Waals surface area contributed by atoms with Gasteiger partial charge in [-0.25, -0.2) is 13.2 Å². The van der Waals surface area contributed by atoms with E-state index in [2.05, 4.69) is 0 Å². The zero-order chi connectivity index (χ0) is 26.1. The van der Waals surface area contributed by atoms with Gasteiger partial charge in [0.05, 0.1) is 6.67 Å². The Hall–Kier alpha value is -2.05. The number of aryl methyl sites for hydroxylation is 1. The molecule has 0 N–H and O–H groups in total. The summed E-state index contributed by atoms with van der Waals surface area (Å²) in [7, 11) is 0. The fraction of sp³-hybridized carbons (Fsp3) is 0.586. The summed E-state index contributed by atoms with van der Waals surface area (Å²) in [6.45, 7) is -0.243. The minimum Gasteiger partial charge on any atom is -0.251 e. The average Bonchev–Trinajstić information content (AvgIpc) is 2.85. The smallest absolute Gasteiger partial charge is 0.251 e. The van der Waals surface area contributed by atoms with Crippen molar-refractivity contribution in [2.24, 2.45) is 0 Å². The number of unbranched alkanes of at least 4 members (excludes halogenated alkanes) is 6. The molecule has 1 aliphatic rings. The Morgan fingerprint density at radius 1 is 0.722 bits per heavy atom. The fourth-order valence-electron chi connectivity index (χ4n) is 5.28. The molecule has 7 heteroatoms. The van der Waals surface area contributed by atoms with Gasteiger partial charge in [-0.3, -0.25) is 4.39 Å². The Balaban J connectivity index is 1.48. The topological polar surface area (TPSA) is 0 Å². The lowest BCUT2D eigenvalue weighted by molar-refractivity contribution is -0.183. The molecule has 0 saturated heterocycles. The van der Waals surface area contributed by atoms with Gasteiger partial charge in [-0.15, -0.1) is 0 Å². The average molecular weight is 517 g/mol. The normalized spacial score (nSPS) is 19.4. The molecule has 200 valence electrons. The summed E-state index contributed by atoms with van der Waals surface area (Å²) in [6.07, 6.45) is 1.99. The molecule has 2 aromatic rings. The van der Waals surface area contributed by atoms with Crippen molar-refractivity contribution in [1.82, 2.24) is 0 Å². The van der Waals surface area contributed by atoms with Crippen LogP contribution in [0, 0.1) is 11.6 Å². The molecule has 0 aliphatic heterocycles. The van der Waals surface area contributed by atoms with E-state index in [0.717, 1.165) is 62.6 Å². The van der Waals surface area contributed by atoms with Gasteiger partial charge in [0.1, 0.15) is 11.6 Å². The van der Waals surface area contributed by atoms with E-state index < -0.39 is 23.7 Å². The van der Waals surface area contributed by atoms with Gasteiger partial charge in [-0.05, 0) is 85.6 Å². The highest BCUT2D eigenvalue weighted by atomic mass is 19.4. The van der Waals surface area contributed by atoms with E-state index in [1.54, 1.807) is 6.07 Å². The summed E-state index contributed by atoms with van der Waals surface area (Å²) in [5, 5.41) is 0. The molecule has 1 atom stereocenters. The van der Waals surface area contributed by atoms with Crippen LogP contribution in [0.15, 0.2) is 36.4 Å².